The quantitative estimate of drug-likeness (QED) is 0.465. The summed E-state index contributed by atoms with van der Waals surface area (Å²) in [5.74, 6) is 2.68. The SMILES string of the molecule is CN=C(NCCCC1CCCCC1)N(C)CC1CCOC1. The van der Waals surface area contributed by atoms with Crippen LogP contribution in [0.4, 0.5) is 0 Å². The van der Waals surface area contributed by atoms with Crippen molar-refractivity contribution in [1.82, 2.24) is 10.2 Å². The standard InChI is InChI=1S/C17H33N3O/c1-18-17(20(2)13-16-10-12-21-14-16)19-11-6-9-15-7-4-3-5-8-15/h15-16H,3-14H2,1-2H3,(H,18,19). The van der Waals surface area contributed by atoms with Gasteiger partial charge in [0.1, 0.15) is 0 Å². The van der Waals surface area contributed by atoms with Gasteiger partial charge in [0.05, 0.1) is 6.61 Å². The summed E-state index contributed by atoms with van der Waals surface area (Å²) in [5, 5.41) is 3.52. The topological polar surface area (TPSA) is 36.9 Å². The van der Waals surface area contributed by atoms with E-state index in [-0.39, 0.29) is 0 Å². The highest BCUT2D eigenvalue weighted by Crippen LogP contribution is 2.26. The zero-order valence-electron chi connectivity index (χ0n) is 13.9. The lowest BCUT2D eigenvalue weighted by Gasteiger charge is -2.25. The number of hydrogen-bond donors (Lipinski definition) is 1. The van der Waals surface area contributed by atoms with Crippen LogP contribution in [0.1, 0.15) is 51.4 Å². The number of nitrogens with zero attached hydrogens (tertiary/aromatic N) is 2. The number of hydrogen-bond acceptors (Lipinski definition) is 2. The molecule has 1 N–H and O–H groups in total. The fourth-order valence-corrected chi connectivity index (χ4v) is 3.65. The molecule has 0 aromatic carbocycles. The molecule has 0 aromatic heterocycles. The van der Waals surface area contributed by atoms with Crippen LogP contribution in [-0.4, -0.2) is 51.3 Å². The molecule has 0 amide bonds. The molecular formula is C17H33N3O. The van der Waals surface area contributed by atoms with Gasteiger partial charge in [0.2, 0.25) is 0 Å². The van der Waals surface area contributed by atoms with E-state index in [0.717, 1.165) is 38.2 Å². The van der Waals surface area contributed by atoms with Crippen molar-refractivity contribution < 1.29 is 4.74 Å². The van der Waals surface area contributed by atoms with E-state index in [9.17, 15) is 0 Å². The maximum Gasteiger partial charge on any atom is 0.193 e. The molecule has 1 saturated carbocycles. The van der Waals surface area contributed by atoms with Crippen LogP contribution in [0.15, 0.2) is 4.99 Å². The van der Waals surface area contributed by atoms with Crippen LogP contribution in [-0.2, 0) is 4.74 Å². The molecule has 0 bridgehead atoms. The maximum atomic E-state index is 5.45. The van der Waals surface area contributed by atoms with E-state index in [1.165, 1.54) is 51.4 Å². The summed E-state index contributed by atoms with van der Waals surface area (Å²) in [6, 6.07) is 0. The summed E-state index contributed by atoms with van der Waals surface area (Å²) in [6.45, 7) is 3.92. The fourth-order valence-electron chi connectivity index (χ4n) is 3.65. The van der Waals surface area contributed by atoms with Crippen LogP contribution < -0.4 is 5.32 Å². The highest BCUT2D eigenvalue weighted by Gasteiger charge is 2.19. The van der Waals surface area contributed by atoms with E-state index < -0.39 is 0 Å². The van der Waals surface area contributed by atoms with Gasteiger partial charge in [-0.05, 0) is 25.2 Å². The van der Waals surface area contributed by atoms with Crippen LogP contribution in [0.2, 0.25) is 0 Å². The Hall–Kier alpha value is -0.770. The van der Waals surface area contributed by atoms with Crippen LogP contribution in [0, 0.1) is 11.8 Å². The van der Waals surface area contributed by atoms with E-state index in [4.69, 9.17) is 4.74 Å². The highest BCUT2D eigenvalue weighted by molar-refractivity contribution is 5.79. The van der Waals surface area contributed by atoms with Crippen LogP contribution in [0.5, 0.6) is 0 Å². The number of guanidine groups is 1. The molecule has 1 aliphatic carbocycles. The molecule has 1 unspecified atom stereocenters. The zero-order valence-corrected chi connectivity index (χ0v) is 13.9. The first-order valence-corrected chi connectivity index (χ1v) is 8.79. The Bertz CT molecular complexity index is 307. The molecule has 1 atom stereocenters. The second kappa shape index (κ2) is 9.29. The third-order valence-electron chi connectivity index (χ3n) is 4.93. The van der Waals surface area contributed by atoms with E-state index in [2.05, 4.69) is 22.3 Å². The van der Waals surface area contributed by atoms with Crippen LogP contribution in [0.25, 0.3) is 0 Å². The van der Waals surface area contributed by atoms with Gasteiger partial charge in [0, 0.05) is 39.7 Å². The van der Waals surface area contributed by atoms with E-state index >= 15 is 0 Å². The first kappa shape index (κ1) is 16.6. The largest absolute Gasteiger partial charge is 0.381 e. The van der Waals surface area contributed by atoms with Gasteiger partial charge in [-0.15, -0.1) is 0 Å². The summed E-state index contributed by atoms with van der Waals surface area (Å²) in [6.07, 6.45) is 11.1. The van der Waals surface area contributed by atoms with Crippen molar-refractivity contribution in [1.29, 1.82) is 0 Å². The molecule has 0 spiro atoms. The Morgan fingerprint density at radius 2 is 2.00 bits per heavy atom. The van der Waals surface area contributed by atoms with E-state index in [1.54, 1.807) is 0 Å². The number of nitrogens with one attached hydrogen (secondary N) is 1. The van der Waals surface area contributed by atoms with Gasteiger partial charge in [-0.2, -0.15) is 0 Å². The van der Waals surface area contributed by atoms with Crippen molar-refractivity contribution in [3.8, 4) is 0 Å². The molecule has 1 aliphatic heterocycles. The monoisotopic (exact) mass is 295 g/mol. The molecule has 2 aliphatic rings. The second-order valence-electron chi connectivity index (χ2n) is 6.73. The molecule has 4 nitrogen and oxygen atoms in total. The lowest BCUT2D eigenvalue weighted by molar-refractivity contribution is 0.181. The maximum absolute atomic E-state index is 5.45. The molecule has 122 valence electrons. The smallest absolute Gasteiger partial charge is 0.193 e. The van der Waals surface area contributed by atoms with E-state index in [0.29, 0.717) is 5.92 Å². The predicted octanol–water partition coefficient (Wildman–Crippen LogP) is 2.89. The Labute approximate surface area is 130 Å². The van der Waals surface area contributed by atoms with Crippen molar-refractivity contribution in [2.75, 3.05) is 40.4 Å². The minimum absolute atomic E-state index is 0.663. The first-order chi connectivity index (χ1) is 10.3. The van der Waals surface area contributed by atoms with Crippen molar-refractivity contribution in [3.63, 3.8) is 0 Å². The van der Waals surface area contributed by atoms with Gasteiger partial charge in [0.25, 0.3) is 0 Å². The third-order valence-corrected chi connectivity index (χ3v) is 4.93. The third kappa shape index (κ3) is 5.85. The summed E-state index contributed by atoms with van der Waals surface area (Å²) in [7, 11) is 4.01. The average Bonchev–Trinajstić information content (AvgIpc) is 3.01. The Morgan fingerprint density at radius 3 is 2.67 bits per heavy atom. The van der Waals surface area contributed by atoms with Gasteiger partial charge in [-0.1, -0.05) is 32.1 Å². The van der Waals surface area contributed by atoms with Crippen molar-refractivity contribution in [2.45, 2.75) is 51.4 Å². The van der Waals surface area contributed by atoms with Gasteiger partial charge >= 0.3 is 0 Å². The zero-order chi connectivity index (χ0) is 14.9. The first-order valence-electron chi connectivity index (χ1n) is 8.79. The number of aliphatic imine (C=N–C) groups is 1. The van der Waals surface area contributed by atoms with Crippen molar-refractivity contribution >= 4 is 5.96 Å². The molecule has 2 fully saturated rings. The normalized spacial score (nSPS) is 24.3. The van der Waals surface area contributed by atoms with Gasteiger partial charge in [0.15, 0.2) is 5.96 Å². The lowest BCUT2D eigenvalue weighted by Crippen LogP contribution is -2.41. The molecule has 2 rings (SSSR count). The molecule has 1 saturated heterocycles. The minimum atomic E-state index is 0.663. The second-order valence-corrected chi connectivity index (χ2v) is 6.73. The predicted molar refractivity (Wildman–Crippen MR) is 88.7 cm³/mol. The Morgan fingerprint density at radius 1 is 1.19 bits per heavy atom. The average molecular weight is 295 g/mol. The number of rotatable bonds is 6. The fraction of sp³-hybridized carbons (Fsp3) is 0.941. The summed E-state index contributed by atoms with van der Waals surface area (Å²) in [5.41, 5.74) is 0. The van der Waals surface area contributed by atoms with Gasteiger partial charge < -0.3 is 15.0 Å². The molecule has 1 heterocycles. The van der Waals surface area contributed by atoms with Crippen molar-refractivity contribution in [2.24, 2.45) is 16.8 Å². The minimum Gasteiger partial charge on any atom is -0.381 e. The molecular weight excluding hydrogens is 262 g/mol. The summed E-state index contributed by atoms with van der Waals surface area (Å²) < 4.78 is 5.45. The lowest BCUT2D eigenvalue weighted by atomic mass is 9.86. The van der Waals surface area contributed by atoms with E-state index in [1.807, 2.05) is 7.05 Å². The number of ether oxygens (including phenoxy) is 1. The highest BCUT2D eigenvalue weighted by atomic mass is 16.5. The van der Waals surface area contributed by atoms with Gasteiger partial charge in [-0.25, -0.2) is 0 Å². The Kier molecular flexibility index (Phi) is 7.34. The molecule has 4 heteroatoms. The molecule has 21 heavy (non-hydrogen) atoms. The van der Waals surface area contributed by atoms with Crippen LogP contribution >= 0.6 is 0 Å². The molecule has 0 radical (unpaired) electrons. The summed E-state index contributed by atoms with van der Waals surface area (Å²) >= 11 is 0. The Balaban J connectivity index is 1.60. The summed E-state index contributed by atoms with van der Waals surface area (Å²) in [4.78, 5) is 6.65. The van der Waals surface area contributed by atoms with Gasteiger partial charge in [-0.3, -0.25) is 4.99 Å². The van der Waals surface area contributed by atoms with Crippen LogP contribution in [0.3, 0.4) is 0 Å². The molecule has 0 aromatic rings. The van der Waals surface area contributed by atoms with Crippen molar-refractivity contribution in [3.05, 3.63) is 0 Å².